The second kappa shape index (κ2) is 10.8. The van der Waals surface area contributed by atoms with Crippen LogP contribution in [0.2, 0.25) is 0 Å². The Morgan fingerprint density at radius 1 is 1.00 bits per heavy atom. The predicted octanol–water partition coefficient (Wildman–Crippen LogP) is 4.37. The summed E-state index contributed by atoms with van der Waals surface area (Å²) < 4.78 is 10.5. The molecule has 0 saturated carbocycles. The highest BCUT2D eigenvalue weighted by Crippen LogP contribution is 2.17. The number of hydrogen-bond acceptors (Lipinski definition) is 5. The van der Waals surface area contributed by atoms with Gasteiger partial charge in [-0.05, 0) is 79.0 Å². The first-order valence-electron chi connectivity index (χ1n) is 10.2. The zero-order valence-electron chi connectivity index (χ0n) is 19.4. The predicted molar refractivity (Wildman–Crippen MR) is 120 cm³/mol. The van der Waals surface area contributed by atoms with Gasteiger partial charge in [-0.25, -0.2) is 9.59 Å². The molecule has 30 heavy (non-hydrogen) atoms. The summed E-state index contributed by atoms with van der Waals surface area (Å²) in [5, 5.41) is 8.54. The van der Waals surface area contributed by atoms with E-state index in [1.165, 1.54) is 0 Å². The number of amides is 2. The van der Waals surface area contributed by atoms with Gasteiger partial charge in [0.1, 0.15) is 11.2 Å². The number of aryl methyl sites for hydroxylation is 1. The minimum Gasteiger partial charge on any atom is -0.444 e. The molecule has 0 aliphatic carbocycles. The Morgan fingerprint density at radius 3 is 2.13 bits per heavy atom. The van der Waals surface area contributed by atoms with Crippen molar-refractivity contribution < 1.29 is 19.1 Å². The standard InChI is InChI=1S/C22H36N4O4/c1-9-23-18(26-20(28)30-22(6,7)8)25-17-11-10-16(14-15(17)2)12-13-24-19(27)29-21(3,4)5/h10-11,14H,9,12-13H2,1-8H3,(H,24,27)(H2,23,25,26,28). The van der Waals surface area contributed by atoms with Crippen LogP contribution < -0.4 is 16.0 Å². The van der Waals surface area contributed by atoms with Gasteiger partial charge in [0.2, 0.25) is 5.96 Å². The molecule has 8 heteroatoms. The van der Waals surface area contributed by atoms with Gasteiger partial charge < -0.3 is 20.1 Å². The number of nitrogens with one attached hydrogen (secondary N) is 3. The Balaban J connectivity index is 2.68. The molecule has 1 aromatic carbocycles. The SMILES string of the molecule is CCN=C(NC(=O)OC(C)(C)C)Nc1ccc(CCNC(=O)OC(C)(C)C)cc1C. The molecule has 0 fully saturated rings. The van der Waals surface area contributed by atoms with Crippen molar-refractivity contribution in [2.45, 2.75) is 73.0 Å². The molecule has 0 atom stereocenters. The van der Waals surface area contributed by atoms with E-state index in [-0.39, 0.29) is 0 Å². The van der Waals surface area contributed by atoms with E-state index in [9.17, 15) is 9.59 Å². The first-order valence-corrected chi connectivity index (χ1v) is 10.2. The largest absolute Gasteiger partial charge is 0.444 e. The van der Waals surface area contributed by atoms with Crippen LogP contribution in [0.5, 0.6) is 0 Å². The van der Waals surface area contributed by atoms with Gasteiger partial charge in [-0.1, -0.05) is 12.1 Å². The van der Waals surface area contributed by atoms with Crippen LogP contribution in [-0.2, 0) is 15.9 Å². The highest BCUT2D eigenvalue weighted by molar-refractivity contribution is 6.02. The number of aliphatic imine (C=N–C) groups is 1. The van der Waals surface area contributed by atoms with Crippen LogP contribution >= 0.6 is 0 Å². The van der Waals surface area contributed by atoms with E-state index in [1.807, 2.05) is 52.8 Å². The van der Waals surface area contributed by atoms with Gasteiger partial charge in [0.25, 0.3) is 0 Å². The number of ether oxygens (including phenoxy) is 2. The van der Waals surface area contributed by atoms with Crippen LogP contribution in [0.15, 0.2) is 23.2 Å². The van der Waals surface area contributed by atoms with E-state index < -0.39 is 23.4 Å². The van der Waals surface area contributed by atoms with Crippen molar-refractivity contribution in [1.29, 1.82) is 0 Å². The zero-order chi connectivity index (χ0) is 22.9. The molecular formula is C22H36N4O4. The lowest BCUT2D eigenvalue weighted by Gasteiger charge is -2.21. The van der Waals surface area contributed by atoms with Gasteiger partial charge >= 0.3 is 12.2 Å². The third kappa shape index (κ3) is 10.7. The number of rotatable bonds is 5. The van der Waals surface area contributed by atoms with E-state index in [1.54, 1.807) is 20.8 Å². The molecule has 3 N–H and O–H groups in total. The number of hydrogen-bond donors (Lipinski definition) is 3. The van der Waals surface area contributed by atoms with Crippen molar-refractivity contribution in [2.75, 3.05) is 18.4 Å². The number of alkyl carbamates (subject to hydrolysis) is 2. The number of carbonyl (C=O) groups excluding carboxylic acids is 2. The first-order chi connectivity index (χ1) is 13.8. The molecule has 1 aromatic rings. The third-order valence-electron chi connectivity index (χ3n) is 3.56. The van der Waals surface area contributed by atoms with Gasteiger partial charge in [0, 0.05) is 18.8 Å². The molecule has 168 valence electrons. The monoisotopic (exact) mass is 420 g/mol. The zero-order valence-corrected chi connectivity index (χ0v) is 19.4. The molecule has 0 bridgehead atoms. The van der Waals surface area contributed by atoms with E-state index in [0.29, 0.717) is 25.5 Å². The molecule has 0 spiro atoms. The van der Waals surface area contributed by atoms with E-state index in [0.717, 1.165) is 16.8 Å². The molecule has 0 aromatic heterocycles. The number of guanidine groups is 1. The fourth-order valence-electron chi connectivity index (χ4n) is 2.44. The smallest absolute Gasteiger partial charge is 0.414 e. The molecular weight excluding hydrogens is 384 g/mol. The molecule has 1 rings (SSSR count). The highest BCUT2D eigenvalue weighted by atomic mass is 16.6. The van der Waals surface area contributed by atoms with E-state index in [4.69, 9.17) is 9.47 Å². The fraction of sp³-hybridized carbons (Fsp3) is 0.591. The number of carbonyl (C=O) groups is 2. The third-order valence-corrected chi connectivity index (χ3v) is 3.56. The topological polar surface area (TPSA) is 101 Å². The van der Waals surface area contributed by atoms with Crippen molar-refractivity contribution in [3.63, 3.8) is 0 Å². The number of nitrogens with zero attached hydrogens (tertiary/aromatic N) is 1. The summed E-state index contributed by atoms with van der Waals surface area (Å²) >= 11 is 0. The van der Waals surface area contributed by atoms with Crippen LogP contribution in [0.25, 0.3) is 0 Å². The maximum absolute atomic E-state index is 12.0. The molecule has 0 aliphatic rings. The van der Waals surface area contributed by atoms with Crippen LogP contribution in [0.1, 0.15) is 59.6 Å². The average molecular weight is 421 g/mol. The summed E-state index contributed by atoms with van der Waals surface area (Å²) in [6.45, 7) is 15.7. The maximum Gasteiger partial charge on any atom is 0.414 e. The summed E-state index contributed by atoms with van der Waals surface area (Å²) in [5.74, 6) is 0.328. The summed E-state index contributed by atoms with van der Waals surface area (Å²) in [6, 6.07) is 5.90. The number of anilines is 1. The summed E-state index contributed by atoms with van der Waals surface area (Å²) in [7, 11) is 0. The van der Waals surface area contributed by atoms with Crippen molar-refractivity contribution in [3.05, 3.63) is 29.3 Å². The summed E-state index contributed by atoms with van der Waals surface area (Å²) in [4.78, 5) is 28.0. The second-order valence-electron chi connectivity index (χ2n) is 8.90. The van der Waals surface area contributed by atoms with Crippen LogP contribution in [0.3, 0.4) is 0 Å². The van der Waals surface area contributed by atoms with Gasteiger partial charge in [-0.3, -0.25) is 10.3 Å². The van der Waals surface area contributed by atoms with E-state index >= 15 is 0 Å². The molecule has 0 radical (unpaired) electrons. The summed E-state index contributed by atoms with van der Waals surface area (Å²) in [5.41, 5.74) is 1.77. The molecule has 8 nitrogen and oxygen atoms in total. The normalized spacial score (nSPS) is 12.2. The fourth-order valence-corrected chi connectivity index (χ4v) is 2.44. The van der Waals surface area contributed by atoms with Gasteiger partial charge in [-0.15, -0.1) is 0 Å². The van der Waals surface area contributed by atoms with Gasteiger partial charge in [0.05, 0.1) is 0 Å². The minimum absolute atomic E-state index is 0.328. The van der Waals surface area contributed by atoms with Gasteiger partial charge in [0.15, 0.2) is 0 Å². The lowest BCUT2D eigenvalue weighted by molar-refractivity contribution is 0.0525. The van der Waals surface area contributed by atoms with Crippen molar-refractivity contribution in [2.24, 2.45) is 4.99 Å². The molecule has 2 amide bonds. The average Bonchev–Trinajstić information content (AvgIpc) is 2.54. The number of benzene rings is 1. The van der Waals surface area contributed by atoms with Crippen molar-refractivity contribution >= 4 is 23.8 Å². The minimum atomic E-state index is -0.591. The molecule has 0 saturated heterocycles. The first kappa shape index (κ1) is 25.3. The van der Waals surface area contributed by atoms with E-state index in [2.05, 4.69) is 20.9 Å². The Morgan fingerprint density at radius 2 is 1.60 bits per heavy atom. The Bertz CT molecular complexity index is 761. The molecule has 0 heterocycles. The van der Waals surface area contributed by atoms with Crippen molar-refractivity contribution in [1.82, 2.24) is 10.6 Å². The van der Waals surface area contributed by atoms with Crippen LogP contribution in [-0.4, -0.2) is 42.4 Å². The van der Waals surface area contributed by atoms with Crippen LogP contribution in [0.4, 0.5) is 15.3 Å². The lowest BCUT2D eigenvalue weighted by atomic mass is 10.1. The second-order valence-corrected chi connectivity index (χ2v) is 8.90. The van der Waals surface area contributed by atoms with Crippen molar-refractivity contribution in [3.8, 4) is 0 Å². The Kier molecular flexibility index (Phi) is 9.14. The van der Waals surface area contributed by atoms with Crippen LogP contribution in [0, 0.1) is 6.92 Å². The highest BCUT2D eigenvalue weighted by Gasteiger charge is 2.18. The summed E-state index contributed by atoms with van der Waals surface area (Å²) in [6.07, 6.45) is -0.317. The Labute approximate surface area is 179 Å². The lowest BCUT2D eigenvalue weighted by Crippen LogP contribution is -2.40. The molecule has 0 aliphatic heterocycles. The quantitative estimate of drug-likeness (QED) is 0.485. The maximum atomic E-state index is 12.0. The Hall–Kier alpha value is -2.77. The van der Waals surface area contributed by atoms with Gasteiger partial charge in [-0.2, -0.15) is 0 Å². The molecule has 0 unspecified atom stereocenters.